The van der Waals surface area contributed by atoms with Gasteiger partial charge in [0.1, 0.15) is 12.4 Å². The molecule has 1 aromatic rings. The highest BCUT2D eigenvalue weighted by molar-refractivity contribution is 6.67. The molecule has 0 saturated heterocycles. The Hall–Kier alpha value is -1.28. The van der Waals surface area contributed by atoms with E-state index >= 15 is 0 Å². The van der Waals surface area contributed by atoms with Gasteiger partial charge in [-0.05, 0) is 48.7 Å². The Kier molecular flexibility index (Phi) is 3.92. The van der Waals surface area contributed by atoms with E-state index < -0.39 is 5.24 Å². The molecule has 0 amide bonds. The predicted molar refractivity (Wildman–Crippen MR) is 61.8 cm³/mol. The fraction of sp³-hybridized carbons (Fsp3) is 0.250. The molecule has 0 aliphatic carbocycles. The van der Waals surface area contributed by atoms with Crippen LogP contribution in [0.15, 0.2) is 24.8 Å². The zero-order valence-corrected chi connectivity index (χ0v) is 9.60. The van der Waals surface area contributed by atoms with Crippen molar-refractivity contribution in [2.24, 2.45) is 0 Å². The van der Waals surface area contributed by atoms with Gasteiger partial charge in [-0.15, -0.1) is 0 Å². The van der Waals surface area contributed by atoms with E-state index in [1.807, 2.05) is 13.8 Å². The number of benzene rings is 1. The fourth-order valence-corrected chi connectivity index (χ4v) is 1.54. The summed E-state index contributed by atoms with van der Waals surface area (Å²) in [5.74, 6) is 0.788. The Bertz CT molecular complexity index is 374. The highest BCUT2D eigenvalue weighted by Gasteiger charge is 2.09. The SMILES string of the molecule is C=CCOc1c(C)cc(C(=O)Cl)cc1C. The van der Waals surface area contributed by atoms with Gasteiger partial charge >= 0.3 is 0 Å². The van der Waals surface area contributed by atoms with Gasteiger partial charge in [0.05, 0.1) is 0 Å². The molecular weight excluding hydrogens is 212 g/mol. The smallest absolute Gasteiger partial charge is 0.252 e. The van der Waals surface area contributed by atoms with E-state index in [1.54, 1.807) is 18.2 Å². The van der Waals surface area contributed by atoms with Crippen molar-refractivity contribution in [3.63, 3.8) is 0 Å². The number of hydrogen-bond donors (Lipinski definition) is 0. The number of hydrogen-bond acceptors (Lipinski definition) is 2. The van der Waals surface area contributed by atoms with E-state index in [-0.39, 0.29) is 0 Å². The average molecular weight is 225 g/mol. The van der Waals surface area contributed by atoms with Gasteiger partial charge in [0.2, 0.25) is 0 Å². The van der Waals surface area contributed by atoms with Crippen LogP contribution >= 0.6 is 11.6 Å². The van der Waals surface area contributed by atoms with Gasteiger partial charge in [0, 0.05) is 5.56 Å². The van der Waals surface area contributed by atoms with Crippen LogP contribution in [0.2, 0.25) is 0 Å². The Balaban J connectivity index is 3.09. The number of rotatable bonds is 4. The summed E-state index contributed by atoms with van der Waals surface area (Å²) >= 11 is 5.41. The van der Waals surface area contributed by atoms with Crippen LogP contribution in [0.1, 0.15) is 21.5 Å². The maximum Gasteiger partial charge on any atom is 0.252 e. The quantitative estimate of drug-likeness (QED) is 0.580. The summed E-state index contributed by atoms with van der Waals surface area (Å²) in [7, 11) is 0. The number of ether oxygens (including phenoxy) is 1. The number of aryl methyl sites for hydroxylation is 2. The standard InChI is InChI=1S/C12H13ClO2/c1-4-5-15-11-8(2)6-10(12(13)14)7-9(11)3/h4,6-7H,1,5H2,2-3H3. The second kappa shape index (κ2) is 4.99. The summed E-state index contributed by atoms with van der Waals surface area (Å²) in [5, 5.41) is -0.448. The van der Waals surface area contributed by atoms with Gasteiger partial charge in [-0.2, -0.15) is 0 Å². The molecule has 0 radical (unpaired) electrons. The molecule has 0 heterocycles. The highest BCUT2D eigenvalue weighted by atomic mass is 35.5. The molecule has 15 heavy (non-hydrogen) atoms. The molecule has 80 valence electrons. The van der Waals surface area contributed by atoms with Gasteiger partial charge in [-0.1, -0.05) is 12.7 Å². The molecule has 1 aromatic carbocycles. The third kappa shape index (κ3) is 2.83. The summed E-state index contributed by atoms with van der Waals surface area (Å²) in [6.07, 6.45) is 1.68. The molecule has 0 bridgehead atoms. The summed E-state index contributed by atoms with van der Waals surface area (Å²) in [6, 6.07) is 3.45. The lowest BCUT2D eigenvalue weighted by Gasteiger charge is -2.11. The summed E-state index contributed by atoms with van der Waals surface area (Å²) < 4.78 is 5.48. The van der Waals surface area contributed by atoms with Gasteiger partial charge in [0.25, 0.3) is 5.24 Å². The van der Waals surface area contributed by atoms with Gasteiger partial charge in [0.15, 0.2) is 0 Å². The lowest BCUT2D eigenvalue weighted by atomic mass is 10.1. The fourth-order valence-electron chi connectivity index (χ4n) is 1.43. The maximum absolute atomic E-state index is 11.0. The predicted octanol–water partition coefficient (Wildman–Crippen LogP) is 3.25. The van der Waals surface area contributed by atoms with Gasteiger partial charge in [-0.3, -0.25) is 4.79 Å². The van der Waals surface area contributed by atoms with Crippen LogP contribution in [0.4, 0.5) is 0 Å². The Morgan fingerprint density at radius 1 is 1.47 bits per heavy atom. The Morgan fingerprint density at radius 3 is 2.40 bits per heavy atom. The first-order chi connectivity index (χ1) is 7.06. The molecule has 3 heteroatoms. The topological polar surface area (TPSA) is 26.3 Å². The van der Waals surface area contributed by atoms with Crippen molar-refractivity contribution in [2.45, 2.75) is 13.8 Å². The molecule has 0 aromatic heterocycles. The molecule has 0 aliphatic rings. The Labute approximate surface area is 94.5 Å². The first-order valence-electron chi connectivity index (χ1n) is 4.61. The van der Waals surface area contributed by atoms with E-state index in [0.717, 1.165) is 16.9 Å². The third-order valence-electron chi connectivity index (χ3n) is 2.03. The highest BCUT2D eigenvalue weighted by Crippen LogP contribution is 2.25. The van der Waals surface area contributed by atoms with E-state index in [2.05, 4.69) is 6.58 Å². The van der Waals surface area contributed by atoms with E-state index in [9.17, 15) is 4.79 Å². The number of carbonyl (C=O) groups excluding carboxylic acids is 1. The second-order valence-corrected chi connectivity index (χ2v) is 3.66. The second-order valence-electron chi connectivity index (χ2n) is 3.31. The van der Waals surface area contributed by atoms with Crippen LogP contribution in [0.5, 0.6) is 5.75 Å². The molecule has 0 aliphatic heterocycles. The van der Waals surface area contributed by atoms with Crippen LogP contribution in [0, 0.1) is 13.8 Å². The summed E-state index contributed by atoms with van der Waals surface area (Å²) in [4.78, 5) is 11.0. The van der Waals surface area contributed by atoms with Crippen molar-refractivity contribution < 1.29 is 9.53 Å². The minimum atomic E-state index is -0.448. The van der Waals surface area contributed by atoms with Crippen LogP contribution in [-0.2, 0) is 0 Å². The zero-order valence-electron chi connectivity index (χ0n) is 8.84. The van der Waals surface area contributed by atoms with Crippen LogP contribution in [0.3, 0.4) is 0 Å². The zero-order chi connectivity index (χ0) is 11.4. The normalized spacial score (nSPS) is 9.80. The molecule has 0 spiro atoms. The average Bonchev–Trinajstić information content (AvgIpc) is 2.16. The van der Waals surface area contributed by atoms with Crippen molar-refractivity contribution in [3.8, 4) is 5.75 Å². The molecule has 0 unspecified atom stereocenters. The molecule has 0 fully saturated rings. The molecule has 2 nitrogen and oxygen atoms in total. The van der Waals surface area contributed by atoms with Crippen LogP contribution in [0.25, 0.3) is 0 Å². The van der Waals surface area contributed by atoms with E-state index in [0.29, 0.717) is 12.2 Å². The summed E-state index contributed by atoms with van der Waals surface area (Å²) in [6.45, 7) is 7.80. The third-order valence-corrected chi connectivity index (χ3v) is 2.25. The van der Waals surface area contributed by atoms with Crippen molar-refractivity contribution in [1.82, 2.24) is 0 Å². The van der Waals surface area contributed by atoms with Crippen molar-refractivity contribution in [3.05, 3.63) is 41.5 Å². The largest absolute Gasteiger partial charge is 0.489 e. The van der Waals surface area contributed by atoms with Crippen molar-refractivity contribution in [1.29, 1.82) is 0 Å². The monoisotopic (exact) mass is 224 g/mol. The van der Waals surface area contributed by atoms with E-state index in [1.165, 1.54) is 0 Å². The van der Waals surface area contributed by atoms with Gasteiger partial charge < -0.3 is 4.74 Å². The lowest BCUT2D eigenvalue weighted by Crippen LogP contribution is -2.00. The molecule has 0 atom stereocenters. The van der Waals surface area contributed by atoms with Gasteiger partial charge in [-0.25, -0.2) is 0 Å². The molecule has 1 rings (SSSR count). The van der Waals surface area contributed by atoms with Crippen LogP contribution in [-0.4, -0.2) is 11.8 Å². The Morgan fingerprint density at radius 2 is 2.00 bits per heavy atom. The number of halogens is 1. The lowest BCUT2D eigenvalue weighted by molar-refractivity contribution is 0.108. The van der Waals surface area contributed by atoms with Crippen LogP contribution < -0.4 is 4.74 Å². The van der Waals surface area contributed by atoms with Crippen molar-refractivity contribution >= 4 is 16.8 Å². The molecule has 0 saturated carbocycles. The minimum absolute atomic E-state index is 0.448. The maximum atomic E-state index is 11.0. The molecular formula is C12H13ClO2. The minimum Gasteiger partial charge on any atom is -0.489 e. The van der Waals surface area contributed by atoms with Crippen molar-refractivity contribution in [2.75, 3.05) is 6.61 Å². The summed E-state index contributed by atoms with van der Waals surface area (Å²) in [5.41, 5.74) is 2.30. The first-order valence-corrected chi connectivity index (χ1v) is 4.99. The molecule has 0 N–H and O–H groups in total. The number of carbonyl (C=O) groups is 1. The first kappa shape index (κ1) is 11.8. The van der Waals surface area contributed by atoms with E-state index in [4.69, 9.17) is 16.3 Å².